The van der Waals surface area contributed by atoms with Crippen LogP contribution in [0.15, 0.2) is 0 Å². The molecule has 0 heterocycles. The van der Waals surface area contributed by atoms with Gasteiger partial charge in [0.15, 0.2) is 0 Å². The highest BCUT2D eigenvalue weighted by atomic mass is 16.2. The van der Waals surface area contributed by atoms with Crippen molar-refractivity contribution >= 4 is 12.2 Å². The van der Waals surface area contributed by atoms with Crippen molar-refractivity contribution in [2.75, 3.05) is 7.05 Å². The minimum Gasteiger partial charge on any atom is -0.358 e. The van der Waals surface area contributed by atoms with E-state index in [2.05, 4.69) is 17.6 Å². The second-order valence-electron chi connectivity index (χ2n) is 4.73. The Morgan fingerprint density at radius 2 is 1.94 bits per heavy atom. The van der Waals surface area contributed by atoms with E-state index in [0.717, 1.165) is 25.5 Å². The zero-order valence-corrected chi connectivity index (χ0v) is 11.5. The third-order valence-corrected chi connectivity index (χ3v) is 2.88. The van der Waals surface area contributed by atoms with Gasteiger partial charge in [0, 0.05) is 19.5 Å². The SMILES string of the molecule is CCCC(CCC=O)NC(C(=O)NC)C(C)C. The fourth-order valence-electron chi connectivity index (χ4n) is 1.91. The van der Waals surface area contributed by atoms with Gasteiger partial charge in [-0.25, -0.2) is 0 Å². The largest absolute Gasteiger partial charge is 0.358 e. The Kier molecular flexibility index (Phi) is 8.68. The molecular weight excluding hydrogens is 216 g/mol. The van der Waals surface area contributed by atoms with Crippen molar-refractivity contribution < 1.29 is 9.59 Å². The van der Waals surface area contributed by atoms with Crippen LogP contribution >= 0.6 is 0 Å². The monoisotopic (exact) mass is 242 g/mol. The number of hydrogen-bond donors (Lipinski definition) is 2. The molecule has 0 rings (SSSR count). The maximum absolute atomic E-state index is 11.7. The van der Waals surface area contributed by atoms with Crippen LogP contribution < -0.4 is 10.6 Å². The van der Waals surface area contributed by atoms with E-state index in [1.165, 1.54) is 0 Å². The van der Waals surface area contributed by atoms with Crippen LogP contribution in [0.3, 0.4) is 0 Å². The lowest BCUT2D eigenvalue weighted by Gasteiger charge is -2.26. The normalized spacial score (nSPS) is 14.4. The van der Waals surface area contributed by atoms with Gasteiger partial charge >= 0.3 is 0 Å². The van der Waals surface area contributed by atoms with Gasteiger partial charge in [-0.2, -0.15) is 0 Å². The second kappa shape index (κ2) is 9.16. The standard InChI is InChI=1S/C13H26N2O2/c1-5-7-11(8-6-9-16)15-12(10(2)3)13(17)14-4/h9-12,15H,5-8H2,1-4H3,(H,14,17). The summed E-state index contributed by atoms with van der Waals surface area (Å²) in [6, 6.07) is 0.0677. The smallest absolute Gasteiger partial charge is 0.237 e. The summed E-state index contributed by atoms with van der Waals surface area (Å²) in [5.74, 6) is 0.262. The Morgan fingerprint density at radius 1 is 1.29 bits per heavy atom. The van der Waals surface area contributed by atoms with Gasteiger partial charge in [-0.05, 0) is 18.8 Å². The van der Waals surface area contributed by atoms with E-state index < -0.39 is 0 Å². The molecule has 0 aromatic heterocycles. The Hall–Kier alpha value is -0.900. The van der Waals surface area contributed by atoms with Crippen molar-refractivity contribution in [3.8, 4) is 0 Å². The van der Waals surface area contributed by atoms with Gasteiger partial charge in [0.2, 0.25) is 5.91 Å². The maximum Gasteiger partial charge on any atom is 0.237 e. The zero-order chi connectivity index (χ0) is 13.3. The average Bonchev–Trinajstić information content (AvgIpc) is 2.31. The predicted octanol–water partition coefficient (Wildman–Crippen LogP) is 1.49. The van der Waals surface area contributed by atoms with E-state index in [-0.39, 0.29) is 23.9 Å². The molecule has 17 heavy (non-hydrogen) atoms. The predicted molar refractivity (Wildman–Crippen MR) is 69.8 cm³/mol. The van der Waals surface area contributed by atoms with E-state index in [1.54, 1.807) is 7.05 Å². The molecule has 0 aromatic rings. The molecule has 0 saturated heterocycles. The first-order valence-electron chi connectivity index (χ1n) is 6.48. The Bertz CT molecular complexity index is 229. The number of rotatable bonds is 9. The van der Waals surface area contributed by atoms with Crippen molar-refractivity contribution in [1.82, 2.24) is 10.6 Å². The molecule has 100 valence electrons. The van der Waals surface area contributed by atoms with Crippen LogP contribution in [0, 0.1) is 5.92 Å². The zero-order valence-electron chi connectivity index (χ0n) is 11.5. The number of nitrogens with one attached hydrogen (secondary N) is 2. The van der Waals surface area contributed by atoms with E-state index in [9.17, 15) is 9.59 Å². The Morgan fingerprint density at radius 3 is 2.35 bits per heavy atom. The lowest BCUT2D eigenvalue weighted by molar-refractivity contribution is -0.123. The highest BCUT2D eigenvalue weighted by Gasteiger charge is 2.23. The molecule has 1 amide bonds. The third kappa shape index (κ3) is 6.41. The Labute approximate surface area is 105 Å². The molecule has 0 aliphatic carbocycles. The van der Waals surface area contributed by atoms with Crippen molar-refractivity contribution in [2.45, 2.75) is 58.5 Å². The molecule has 0 aromatic carbocycles. The van der Waals surface area contributed by atoms with Gasteiger partial charge in [-0.3, -0.25) is 4.79 Å². The van der Waals surface area contributed by atoms with Gasteiger partial charge in [0.25, 0.3) is 0 Å². The van der Waals surface area contributed by atoms with Crippen molar-refractivity contribution in [3.05, 3.63) is 0 Å². The number of carbonyl (C=O) groups excluding carboxylic acids is 2. The van der Waals surface area contributed by atoms with Crippen LogP contribution in [0.1, 0.15) is 46.5 Å². The van der Waals surface area contributed by atoms with Crippen LogP contribution in [-0.4, -0.2) is 31.3 Å². The summed E-state index contributed by atoms with van der Waals surface area (Å²) >= 11 is 0. The molecule has 0 fully saturated rings. The topological polar surface area (TPSA) is 58.2 Å². The van der Waals surface area contributed by atoms with Crippen LogP contribution in [0.4, 0.5) is 0 Å². The molecule has 0 saturated carbocycles. The molecule has 2 N–H and O–H groups in total. The maximum atomic E-state index is 11.7. The Balaban J connectivity index is 4.43. The summed E-state index contributed by atoms with van der Waals surface area (Å²) in [6.45, 7) is 6.16. The third-order valence-electron chi connectivity index (χ3n) is 2.88. The minimum atomic E-state index is -0.178. The van der Waals surface area contributed by atoms with Gasteiger partial charge < -0.3 is 15.4 Å². The van der Waals surface area contributed by atoms with E-state index in [4.69, 9.17) is 0 Å². The number of amides is 1. The molecule has 0 bridgehead atoms. The van der Waals surface area contributed by atoms with Gasteiger partial charge in [-0.15, -0.1) is 0 Å². The molecule has 0 aliphatic rings. The number of aldehydes is 1. The summed E-state index contributed by atoms with van der Waals surface area (Å²) in [7, 11) is 1.65. The van der Waals surface area contributed by atoms with Crippen LogP contribution in [0.2, 0.25) is 0 Å². The molecule has 0 aliphatic heterocycles. The van der Waals surface area contributed by atoms with Gasteiger partial charge in [0.05, 0.1) is 6.04 Å². The number of likely N-dealkylation sites (N-methyl/N-ethyl adjacent to an activating group) is 1. The summed E-state index contributed by atoms with van der Waals surface area (Å²) in [5, 5.41) is 6.05. The van der Waals surface area contributed by atoms with Crippen molar-refractivity contribution in [2.24, 2.45) is 5.92 Å². The lowest BCUT2D eigenvalue weighted by Crippen LogP contribution is -2.50. The molecule has 2 atom stereocenters. The van der Waals surface area contributed by atoms with Gasteiger partial charge in [-0.1, -0.05) is 27.2 Å². The minimum absolute atomic E-state index is 0.0206. The second-order valence-corrected chi connectivity index (χ2v) is 4.73. The molecule has 0 spiro atoms. The fraction of sp³-hybridized carbons (Fsp3) is 0.846. The van der Waals surface area contributed by atoms with E-state index >= 15 is 0 Å². The van der Waals surface area contributed by atoms with E-state index in [1.807, 2.05) is 13.8 Å². The molecular formula is C13H26N2O2. The average molecular weight is 242 g/mol. The molecule has 0 radical (unpaired) electrons. The van der Waals surface area contributed by atoms with Crippen molar-refractivity contribution in [3.63, 3.8) is 0 Å². The fourth-order valence-corrected chi connectivity index (χ4v) is 1.91. The van der Waals surface area contributed by atoms with Crippen LogP contribution in [0.5, 0.6) is 0 Å². The van der Waals surface area contributed by atoms with Crippen LogP contribution in [-0.2, 0) is 9.59 Å². The first-order chi connectivity index (χ1) is 8.06. The molecule has 4 heteroatoms. The number of carbonyl (C=O) groups is 2. The quantitative estimate of drug-likeness (QED) is 0.602. The summed E-state index contributed by atoms with van der Waals surface area (Å²) in [4.78, 5) is 22.1. The van der Waals surface area contributed by atoms with Crippen molar-refractivity contribution in [1.29, 1.82) is 0 Å². The number of hydrogen-bond acceptors (Lipinski definition) is 3. The first kappa shape index (κ1) is 16.1. The lowest BCUT2D eigenvalue weighted by atomic mass is 9.99. The summed E-state index contributed by atoms with van der Waals surface area (Å²) in [5.41, 5.74) is 0. The van der Waals surface area contributed by atoms with Gasteiger partial charge in [0.1, 0.15) is 6.29 Å². The highest BCUT2D eigenvalue weighted by molar-refractivity contribution is 5.81. The molecule has 2 unspecified atom stereocenters. The molecule has 4 nitrogen and oxygen atoms in total. The summed E-state index contributed by atoms with van der Waals surface area (Å²) < 4.78 is 0. The first-order valence-corrected chi connectivity index (χ1v) is 6.48. The highest BCUT2D eigenvalue weighted by Crippen LogP contribution is 2.09. The van der Waals surface area contributed by atoms with Crippen LogP contribution in [0.25, 0.3) is 0 Å². The summed E-state index contributed by atoms with van der Waals surface area (Å²) in [6.07, 6.45) is 4.34. The van der Waals surface area contributed by atoms with E-state index in [0.29, 0.717) is 6.42 Å².